The van der Waals surface area contributed by atoms with E-state index < -0.39 is 0 Å². The van der Waals surface area contributed by atoms with Crippen LogP contribution >= 0.6 is 0 Å². The van der Waals surface area contributed by atoms with Crippen molar-refractivity contribution in [3.8, 4) is 22.4 Å². The van der Waals surface area contributed by atoms with Crippen molar-refractivity contribution in [3.63, 3.8) is 0 Å². The number of imidazole rings is 1. The fourth-order valence-corrected chi connectivity index (χ4v) is 3.39. The predicted octanol–water partition coefficient (Wildman–Crippen LogP) is 6.01. The van der Waals surface area contributed by atoms with Crippen LogP contribution in [0.25, 0.3) is 33.4 Å². The lowest BCUT2D eigenvalue weighted by atomic mass is 9.98. The van der Waals surface area contributed by atoms with E-state index in [-0.39, 0.29) is 5.82 Å². The summed E-state index contributed by atoms with van der Waals surface area (Å²) in [6.45, 7) is 4.93. The summed E-state index contributed by atoms with van der Waals surface area (Å²) < 4.78 is 15.9. The van der Waals surface area contributed by atoms with Gasteiger partial charge in [-0.25, -0.2) is 9.37 Å². The fraction of sp³-hybridized carbons (Fsp3) is 0.217. The Labute approximate surface area is 158 Å². The average molecular weight is 359 g/mol. The second-order valence-corrected chi connectivity index (χ2v) is 6.86. The Morgan fingerprint density at radius 2 is 1.85 bits per heavy atom. The molecule has 4 rings (SSSR count). The third kappa shape index (κ3) is 3.35. The molecule has 2 aromatic carbocycles. The van der Waals surface area contributed by atoms with Crippen LogP contribution in [0.2, 0.25) is 0 Å². The van der Waals surface area contributed by atoms with Crippen LogP contribution < -0.4 is 0 Å². The maximum Gasteiger partial charge on any atom is 0.126 e. The molecule has 3 nitrogen and oxygen atoms in total. The monoisotopic (exact) mass is 359 g/mol. The van der Waals surface area contributed by atoms with Crippen LogP contribution in [0.3, 0.4) is 0 Å². The number of nitrogens with zero attached hydrogens (tertiary/aromatic N) is 3. The molecule has 0 unspecified atom stereocenters. The van der Waals surface area contributed by atoms with Gasteiger partial charge >= 0.3 is 0 Å². The van der Waals surface area contributed by atoms with Crippen molar-refractivity contribution in [2.75, 3.05) is 0 Å². The summed E-state index contributed by atoms with van der Waals surface area (Å²) >= 11 is 0. The molecule has 0 aliphatic carbocycles. The normalized spacial score (nSPS) is 11.2. The zero-order valence-corrected chi connectivity index (χ0v) is 15.6. The Morgan fingerprint density at radius 3 is 2.67 bits per heavy atom. The quantitative estimate of drug-likeness (QED) is 0.437. The zero-order valence-electron chi connectivity index (χ0n) is 15.6. The first kappa shape index (κ1) is 17.4. The van der Waals surface area contributed by atoms with Gasteiger partial charge in [-0.1, -0.05) is 25.5 Å². The molecule has 0 aliphatic rings. The Hall–Kier alpha value is -3.01. The Balaban J connectivity index is 1.83. The van der Waals surface area contributed by atoms with Crippen LogP contribution in [-0.2, 0) is 6.54 Å². The number of pyridine rings is 1. The summed E-state index contributed by atoms with van der Waals surface area (Å²) in [5, 5.41) is 0. The minimum Gasteiger partial charge on any atom is -0.331 e. The molecule has 0 fully saturated rings. The molecule has 0 radical (unpaired) electrons. The number of aromatic nitrogens is 3. The molecular weight excluding hydrogens is 337 g/mol. The molecule has 0 aliphatic heterocycles. The van der Waals surface area contributed by atoms with Gasteiger partial charge in [-0.15, -0.1) is 0 Å². The number of fused-ring (bicyclic) bond motifs is 1. The van der Waals surface area contributed by atoms with Gasteiger partial charge in [0.1, 0.15) is 5.82 Å². The van der Waals surface area contributed by atoms with Crippen molar-refractivity contribution in [1.29, 1.82) is 0 Å². The van der Waals surface area contributed by atoms with Crippen molar-refractivity contribution in [3.05, 3.63) is 72.4 Å². The van der Waals surface area contributed by atoms with Crippen LogP contribution in [0.1, 0.15) is 25.3 Å². The summed E-state index contributed by atoms with van der Waals surface area (Å²) in [6.07, 6.45) is 5.97. The van der Waals surface area contributed by atoms with Gasteiger partial charge in [0.25, 0.3) is 0 Å². The highest BCUT2D eigenvalue weighted by atomic mass is 19.1. The molecule has 0 saturated carbocycles. The molecule has 136 valence electrons. The van der Waals surface area contributed by atoms with Gasteiger partial charge in [0.05, 0.1) is 23.1 Å². The van der Waals surface area contributed by atoms with Crippen LogP contribution in [0, 0.1) is 12.7 Å². The molecular formula is C23H22FN3. The minimum atomic E-state index is -0.197. The first-order chi connectivity index (χ1) is 13.2. The summed E-state index contributed by atoms with van der Waals surface area (Å²) in [5.41, 5.74) is 6.66. The first-order valence-corrected chi connectivity index (χ1v) is 9.34. The van der Waals surface area contributed by atoms with Crippen LogP contribution in [0.4, 0.5) is 4.39 Å². The van der Waals surface area contributed by atoms with Crippen molar-refractivity contribution < 1.29 is 4.39 Å². The van der Waals surface area contributed by atoms with E-state index in [0.29, 0.717) is 5.56 Å². The number of hydrogen-bond donors (Lipinski definition) is 0. The molecule has 0 atom stereocenters. The maximum absolute atomic E-state index is 13.7. The van der Waals surface area contributed by atoms with Crippen molar-refractivity contribution in [1.82, 2.24) is 14.5 Å². The minimum absolute atomic E-state index is 0.197. The number of halogens is 1. The Morgan fingerprint density at radius 1 is 1.00 bits per heavy atom. The molecule has 0 saturated heterocycles. The third-order valence-corrected chi connectivity index (χ3v) is 4.92. The van der Waals surface area contributed by atoms with Gasteiger partial charge in [0.15, 0.2) is 0 Å². The highest BCUT2D eigenvalue weighted by Gasteiger charge is 2.12. The number of benzene rings is 2. The van der Waals surface area contributed by atoms with E-state index in [1.807, 2.05) is 18.5 Å². The van der Waals surface area contributed by atoms with Crippen LogP contribution in [-0.4, -0.2) is 14.5 Å². The summed E-state index contributed by atoms with van der Waals surface area (Å²) in [7, 11) is 0. The lowest BCUT2D eigenvalue weighted by Crippen LogP contribution is -1.96. The van der Waals surface area contributed by atoms with Gasteiger partial charge in [0.2, 0.25) is 0 Å². The van der Waals surface area contributed by atoms with Gasteiger partial charge < -0.3 is 4.57 Å². The van der Waals surface area contributed by atoms with E-state index in [0.717, 1.165) is 52.8 Å². The Bertz CT molecular complexity index is 1100. The van der Waals surface area contributed by atoms with Crippen LogP contribution in [0.5, 0.6) is 0 Å². The topological polar surface area (TPSA) is 30.7 Å². The van der Waals surface area contributed by atoms with Gasteiger partial charge in [-0.2, -0.15) is 0 Å². The first-order valence-electron chi connectivity index (χ1n) is 9.34. The summed E-state index contributed by atoms with van der Waals surface area (Å²) in [4.78, 5) is 9.10. The van der Waals surface area contributed by atoms with Crippen molar-refractivity contribution >= 4 is 11.0 Å². The lowest BCUT2D eigenvalue weighted by Gasteiger charge is -2.11. The second-order valence-electron chi connectivity index (χ2n) is 6.86. The number of hydrogen-bond acceptors (Lipinski definition) is 2. The predicted molar refractivity (Wildman–Crippen MR) is 108 cm³/mol. The van der Waals surface area contributed by atoms with E-state index in [2.05, 4.69) is 45.7 Å². The smallest absolute Gasteiger partial charge is 0.126 e. The summed E-state index contributed by atoms with van der Waals surface area (Å²) in [6, 6.07) is 15.5. The molecule has 0 amide bonds. The highest BCUT2D eigenvalue weighted by molar-refractivity contribution is 5.87. The molecule has 4 aromatic rings. The zero-order chi connectivity index (χ0) is 18.8. The summed E-state index contributed by atoms with van der Waals surface area (Å²) in [5.74, 6) is -0.197. The molecule has 0 spiro atoms. The SMILES string of the molecule is CCCCn1cnc2ccc(-c3cccnc3-c3ccc(F)c(C)c3)cc21. The van der Waals surface area contributed by atoms with E-state index in [1.165, 1.54) is 6.07 Å². The fourth-order valence-electron chi connectivity index (χ4n) is 3.39. The van der Waals surface area contributed by atoms with Crippen molar-refractivity contribution in [2.45, 2.75) is 33.2 Å². The van der Waals surface area contributed by atoms with Gasteiger partial charge in [-0.05, 0) is 60.9 Å². The molecule has 2 heterocycles. The van der Waals surface area contributed by atoms with E-state index >= 15 is 0 Å². The maximum atomic E-state index is 13.7. The van der Waals surface area contributed by atoms with Gasteiger partial charge in [0, 0.05) is 23.9 Å². The molecule has 27 heavy (non-hydrogen) atoms. The highest BCUT2D eigenvalue weighted by Crippen LogP contribution is 2.32. The van der Waals surface area contributed by atoms with Crippen molar-refractivity contribution in [2.24, 2.45) is 0 Å². The van der Waals surface area contributed by atoms with E-state index in [4.69, 9.17) is 0 Å². The number of unbranched alkanes of at least 4 members (excludes halogenated alkanes) is 1. The molecule has 0 bridgehead atoms. The largest absolute Gasteiger partial charge is 0.331 e. The molecule has 0 N–H and O–H groups in total. The Kier molecular flexibility index (Phi) is 4.71. The standard InChI is InChI=1S/C23H22FN3/c1-3-4-12-27-15-26-21-10-8-17(14-22(21)27)19-6-5-11-25-23(19)18-7-9-20(24)16(2)13-18/h5-11,13-15H,3-4,12H2,1-2H3. The molecule has 2 aromatic heterocycles. The van der Waals surface area contributed by atoms with Gasteiger partial charge in [-0.3, -0.25) is 4.98 Å². The lowest BCUT2D eigenvalue weighted by molar-refractivity contribution is 0.619. The average Bonchev–Trinajstić information content (AvgIpc) is 3.10. The third-order valence-electron chi connectivity index (χ3n) is 4.92. The van der Waals surface area contributed by atoms with E-state index in [1.54, 1.807) is 19.2 Å². The van der Waals surface area contributed by atoms with Crippen LogP contribution in [0.15, 0.2) is 61.1 Å². The number of aryl methyl sites for hydroxylation is 2. The van der Waals surface area contributed by atoms with E-state index in [9.17, 15) is 4.39 Å². The number of rotatable bonds is 5. The second kappa shape index (κ2) is 7.31. The molecule has 4 heteroatoms.